The van der Waals surface area contributed by atoms with Gasteiger partial charge in [-0.05, 0) is 6.92 Å². The summed E-state index contributed by atoms with van der Waals surface area (Å²) in [5, 5.41) is 6.85. The average Bonchev–Trinajstić information content (AvgIpc) is 2.00. The van der Waals surface area contributed by atoms with Crippen LogP contribution in [0.3, 0.4) is 0 Å². The summed E-state index contributed by atoms with van der Waals surface area (Å²) in [7, 11) is 0. The van der Waals surface area contributed by atoms with Crippen LogP contribution in [0.2, 0.25) is 0 Å². The first-order valence-corrected chi connectivity index (χ1v) is 3.20. The second kappa shape index (κ2) is 5.52. The number of urea groups is 2. The molecule has 13 heavy (non-hydrogen) atoms. The van der Waals surface area contributed by atoms with Crippen molar-refractivity contribution in [3.63, 3.8) is 0 Å². The molecule has 0 saturated heterocycles. The minimum absolute atomic E-state index is 0.354. The molecule has 8 heteroatoms. The number of hydrogen-bond acceptors (Lipinski definition) is 4. The molecule has 4 amide bonds. The van der Waals surface area contributed by atoms with Crippen LogP contribution < -0.4 is 22.3 Å². The predicted molar refractivity (Wildman–Crippen MR) is 47.0 cm³/mol. The van der Waals surface area contributed by atoms with Gasteiger partial charge in [0.15, 0.2) is 0 Å². The second-order valence-corrected chi connectivity index (χ2v) is 1.96. The maximum Gasteiger partial charge on any atom is 0.332 e. The summed E-state index contributed by atoms with van der Waals surface area (Å²) in [4.78, 5) is 20.3. The Bertz CT molecular complexity index is 258. The van der Waals surface area contributed by atoms with Crippen LogP contribution in [0.15, 0.2) is 10.2 Å². The van der Waals surface area contributed by atoms with Crippen molar-refractivity contribution >= 4 is 24.0 Å². The van der Waals surface area contributed by atoms with Gasteiger partial charge in [0.2, 0.25) is 0 Å². The van der Waals surface area contributed by atoms with Crippen LogP contribution in [0.25, 0.3) is 0 Å². The van der Waals surface area contributed by atoms with Crippen LogP contribution >= 0.6 is 0 Å². The van der Waals surface area contributed by atoms with Crippen LogP contribution in [0.1, 0.15) is 6.92 Å². The van der Waals surface area contributed by atoms with Gasteiger partial charge in [0.05, 0.1) is 11.9 Å². The highest BCUT2D eigenvalue weighted by atomic mass is 16.2. The Morgan fingerprint density at radius 1 is 1.23 bits per heavy atom. The van der Waals surface area contributed by atoms with Gasteiger partial charge in [-0.1, -0.05) is 0 Å². The van der Waals surface area contributed by atoms with Crippen molar-refractivity contribution in [2.24, 2.45) is 21.7 Å². The number of primary amides is 2. The van der Waals surface area contributed by atoms with E-state index in [1.54, 1.807) is 6.92 Å². The molecule has 0 rings (SSSR count). The fourth-order valence-electron chi connectivity index (χ4n) is 0.361. The predicted octanol–water partition coefficient (Wildman–Crippen LogP) is -1.32. The van der Waals surface area contributed by atoms with Gasteiger partial charge in [0.25, 0.3) is 0 Å². The van der Waals surface area contributed by atoms with Crippen LogP contribution in [-0.4, -0.2) is 24.0 Å². The molecule has 0 heterocycles. The molecule has 0 aliphatic carbocycles. The fourth-order valence-corrected chi connectivity index (χ4v) is 0.361. The van der Waals surface area contributed by atoms with Crippen molar-refractivity contribution in [3.8, 4) is 0 Å². The molecule has 0 aliphatic heterocycles. The van der Waals surface area contributed by atoms with Gasteiger partial charge in [-0.2, -0.15) is 10.2 Å². The highest BCUT2D eigenvalue weighted by molar-refractivity contribution is 6.29. The molecule has 0 bridgehead atoms. The van der Waals surface area contributed by atoms with Gasteiger partial charge < -0.3 is 11.5 Å². The number of hydrogen-bond donors (Lipinski definition) is 4. The minimum Gasteiger partial charge on any atom is -0.350 e. The number of amides is 4. The molecule has 0 atom stereocenters. The quantitative estimate of drug-likeness (QED) is 0.321. The number of nitrogens with one attached hydrogen (secondary N) is 2. The zero-order valence-corrected chi connectivity index (χ0v) is 6.94. The number of hydrazone groups is 2. The van der Waals surface area contributed by atoms with Gasteiger partial charge in [-0.15, -0.1) is 0 Å². The highest BCUT2D eigenvalue weighted by Gasteiger charge is 1.89. The van der Waals surface area contributed by atoms with Crippen molar-refractivity contribution in [1.29, 1.82) is 0 Å². The van der Waals surface area contributed by atoms with E-state index in [4.69, 9.17) is 11.5 Å². The Labute approximate surface area is 74.0 Å². The molecule has 0 radical (unpaired) electrons. The Balaban J connectivity index is 3.91. The third-order valence-electron chi connectivity index (χ3n) is 0.769. The molecular formula is C5H10N6O2. The first kappa shape index (κ1) is 10.9. The van der Waals surface area contributed by atoms with Gasteiger partial charge >= 0.3 is 12.1 Å². The molecule has 0 saturated carbocycles. The standard InChI is InChI=1S/C5H10N6O2/c1-3(9-11-5(7)13)2-8-10-4(6)12/h2H,1H3,(H3,6,10,12)(H3,7,11,13). The molecule has 8 nitrogen and oxygen atoms in total. The van der Waals surface area contributed by atoms with E-state index in [0.29, 0.717) is 5.71 Å². The molecule has 0 aromatic heterocycles. The second-order valence-electron chi connectivity index (χ2n) is 1.96. The molecular weight excluding hydrogens is 176 g/mol. The maximum absolute atomic E-state index is 10.2. The van der Waals surface area contributed by atoms with E-state index in [9.17, 15) is 9.59 Å². The van der Waals surface area contributed by atoms with Crippen LogP contribution in [0.5, 0.6) is 0 Å². The normalized spacial score (nSPS) is 11.3. The molecule has 0 fully saturated rings. The van der Waals surface area contributed by atoms with Crippen LogP contribution in [0.4, 0.5) is 9.59 Å². The SMILES string of the molecule is CC(C=NNC(N)=O)=NNC(N)=O. The summed E-state index contributed by atoms with van der Waals surface area (Å²) >= 11 is 0. The summed E-state index contributed by atoms with van der Waals surface area (Å²) in [6.07, 6.45) is 1.20. The molecule has 0 aromatic rings. The Morgan fingerprint density at radius 2 is 1.77 bits per heavy atom. The lowest BCUT2D eigenvalue weighted by Gasteiger charge is -1.93. The van der Waals surface area contributed by atoms with E-state index in [2.05, 4.69) is 10.2 Å². The van der Waals surface area contributed by atoms with E-state index >= 15 is 0 Å². The molecule has 0 aliphatic rings. The van der Waals surface area contributed by atoms with E-state index in [0.717, 1.165) is 0 Å². The van der Waals surface area contributed by atoms with Gasteiger partial charge in [-0.3, -0.25) is 0 Å². The zero-order chi connectivity index (χ0) is 10.3. The summed E-state index contributed by atoms with van der Waals surface area (Å²) in [5.41, 5.74) is 13.7. The topological polar surface area (TPSA) is 135 Å². The van der Waals surface area contributed by atoms with Crippen molar-refractivity contribution in [2.75, 3.05) is 0 Å². The number of nitrogens with zero attached hydrogens (tertiary/aromatic N) is 2. The fraction of sp³-hybridized carbons (Fsp3) is 0.200. The Hall–Kier alpha value is -2.12. The lowest BCUT2D eigenvalue weighted by molar-refractivity contribution is 0.248. The van der Waals surface area contributed by atoms with E-state index in [1.807, 2.05) is 10.9 Å². The first-order valence-electron chi connectivity index (χ1n) is 3.20. The molecule has 0 unspecified atom stereocenters. The van der Waals surface area contributed by atoms with Crippen molar-refractivity contribution < 1.29 is 9.59 Å². The largest absolute Gasteiger partial charge is 0.350 e. The summed E-state index contributed by atoms with van der Waals surface area (Å²) in [6, 6.07) is -1.57. The van der Waals surface area contributed by atoms with Crippen LogP contribution in [0, 0.1) is 0 Å². The third-order valence-corrected chi connectivity index (χ3v) is 0.769. The summed E-state index contributed by atoms with van der Waals surface area (Å²) in [6.45, 7) is 1.54. The first-order chi connectivity index (χ1) is 6.02. The summed E-state index contributed by atoms with van der Waals surface area (Å²) in [5.74, 6) is 0. The third kappa shape index (κ3) is 7.78. The van der Waals surface area contributed by atoms with E-state index in [-0.39, 0.29) is 0 Å². The lowest BCUT2D eigenvalue weighted by atomic mass is 10.5. The van der Waals surface area contributed by atoms with Crippen LogP contribution in [-0.2, 0) is 0 Å². The highest BCUT2D eigenvalue weighted by Crippen LogP contribution is 1.69. The van der Waals surface area contributed by atoms with Gasteiger partial charge in [-0.25, -0.2) is 20.4 Å². The number of nitrogens with two attached hydrogens (primary N) is 2. The van der Waals surface area contributed by atoms with Crippen molar-refractivity contribution in [3.05, 3.63) is 0 Å². The van der Waals surface area contributed by atoms with Gasteiger partial charge in [0, 0.05) is 0 Å². The Kier molecular flexibility index (Phi) is 4.62. The van der Waals surface area contributed by atoms with E-state index in [1.165, 1.54) is 6.21 Å². The average molecular weight is 186 g/mol. The minimum atomic E-state index is -0.785. The smallest absolute Gasteiger partial charge is 0.332 e. The monoisotopic (exact) mass is 186 g/mol. The van der Waals surface area contributed by atoms with Crippen molar-refractivity contribution in [2.45, 2.75) is 6.92 Å². The summed E-state index contributed by atoms with van der Waals surface area (Å²) < 4.78 is 0. The van der Waals surface area contributed by atoms with Gasteiger partial charge in [0.1, 0.15) is 0 Å². The number of rotatable bonds is 3. The number of carbonyl (C=O) groups excluding carboxylic acids is 2. The lowest BCUT2D eigenvalue weighted by Crippen LogP contribution is -2.26. The number of carbonyl (C=O) groups is 2. The zero-order valence-electron chi connectivity index (χ0n) is 6.94. The molecule has 6 N–H and O–H groups in total. The molecule has 0 spiro atoms. The Morgan fingerprint density at radius 3 is 2.23 bits per heavy atom. The maximum atomic E-state index is 10.2. The molecule has 72 valence electrons. The molecule has 0 aromatic carbocycles. The van der Waals surface area contributed by atoms with E-state index < -0.39 is 12.1 Å². The van der Waals surface area contributed by atoms with Crippen molar-refractivity contribution in [1.82, 2.24) is 10.9 Å².